The Morgan fingerprint density at radius 2 is 1.76 bits per heavy atom. The predicted molar refractivity (Wildman–Crippen MR) is 124 cm³/mol. The van der Waals surface area contributed by atoms with E-state index in [1.807, 2.05) is 78.5 Å². The highest BCUT2D eigenvalue weighted by Crippen LogP contribution is 2.23. The van der Waals surface area contributed by atoms with Crippen molar-refractivity contribution in [3.63, 3.8) is 0 Å². The van der Waals surface area contributed by atoms with Gasteiger partial charge in [0.05, 0.1) is 28.8 Å². The molecule has 0 spiro atoms. The summed E-state index contributed by atoms with van der Waals surface area (Å²) in [5.74, 6) is 0.459. The van der Waals surface area contributed by atoms with Crippen molar-refractivity contribution in [1.29, 1.82) is 0 Å². The number of nitrogens with zero attached hydrogens (tertiary/aromatic N) is 6. The van der Waals surface area contributed by atoms with Crippen molar-refractivity contribution in [3.05, 3.63) is 108 Å². The van der Waals surface area contributed by atoms with Gasteiger partial charge in [-0.15, -0.1) is 0 Å². The van der Waals surface area contributed by atoms with Crippen molar-refractivity contribution >= 4 is 5.91 Å². The monoisotopic (exact) mass is 435 g/mol. The Hall–Kier alpha value is -4.59. The SMILES string of the molecule is Cc1c(C(=O)NCc2cn(-c3ccccc3)nc2-c2ccncc2)cnn1-c1ccccn1. The van der Waals surface area contributed by atoms with Crippen LogP contribution >= 0.6 is 0 Å². The molecule has 0 unspecified atom stereocenters. The van der Waals surface area contributed by atoms with E-state index < -0.39 is 0 Å². The molecule has 0 aliphatic heterocycles. The molecule has 0 atom stereocenters. The van der Waals surface area contributed by atoms with Crippen LogP contribution in [-0.2, 0) is 6.54 Å². The smallest absolute Gasteiger partial charge is 0.255 e. The molecule has 0 radical (unpaired) electrons. The zero-order chi connectivity index (χ0) is 22.6. The normalized spacial score (nSPS) is 10.8. The molecule has 0 saturated heterocycles. The minimum absolute atomic E-state index is 0.206. The standard InChI is InChI=1S/C25H21N7O/c1-18-22(16-29-32(18)23-9-5-6-12-27-23)25(33)28-15-20-17-31(21-7-3-2-4-8-21)30-24(20)19-10-13-26-14-11-19/h2-14,16-17H,15H2,1H3,(H,28,33). The van der Waals surface area contributed by atoms with E-state index in [0.29, 0.717) is 17.9 Å². The van der Waals surface area contributed by atoms with E-state index in [-0.39, 0.29) is 5.91 Å². The van der Waals surface area contributed by atoms with E-state index in [2.05, 4.69) is 20.4 Å². The first-order chi connectivity index (χ1) is 16.2. The van der Waals surface area contributed by atoms with Gasteiger partial charge in [0.1, 0.15) is 0 Å². The Balaban J connectivity index is 1.41. The quantitative estimate of drug-likeness (QED) is 0.439. The van der Waals surface area contributed by atoms with Crippen LogP contribution in [0.25, 0.3) is 22.8 Å². The van der Waals surface area contributed by atoms with E-state index in [9.17, 15) is 4.79 Å². The first kappa shape index (κ1) is 20.3. The van der Waals surface area contributed by atoms with Gasteiger partial charge < -0.3 is 5.32 Å². The van der Waals surface area contributed by atoms with Crippen LogP contribution in [-0.4, -0.2) is 35.4 Å². The van der Waals surface area contributed by atoms with Gasteiger partial charge in [-0.25, -0.2) is 14.3 Å². The molecule has 1 amide bonds. The molecule has 4 heterocycles. The van der Waals surface area contributed by atoms with Crippen molar-refractivity contribution in [2.75, 3.05) is 0 Å². The summed E-state index contributed by atoms with van der Waals surface area (Å²) in [6, 6.07) is 19.3. The summed E-state index contributed by atoms with van der Waals surface area (Å²) >= 11 is 0. The van der Waals surface area contributed by atoms with Gasteiger partial charge in [0.15, 0.2) is 5.82 Å². The number of hydrogen-bond acceptors (Lipinski definition) is 5. The second kappa shape index (κ2) is 8.88. The number of amides is 1. The summed E-state index contributed by atoms with van der Waals surface area (Å²) in [6.07, 6.45) is 8.66. The van der Waals surface area contributed by atoms with Crippen LogP contribution in [0.1, 0.15) is 21.6 Å². The van der Waals surface area contributed by atoms with Crippen molar-refractivity contribution in [3.8, 4) is 22.8 Å². The fourth-order valence-electron chi connectivity index (χ4n) is 3.62. The highest BCUT2D eigenvalue weighted by Gasteiger charge is 2.18. The number of aromatic nitrogens is 6. The van der Waals surface area contributed by atoms with Gasteiger partial charge in [-0.2, -0.15) is 10.2 Å². The highest BCUT2D eigenvalue weighted by atomic mass is 16.1. The number of para-hydroxylation sites is 1. The Bertz CT molecular complexity index is 1380. The number of carbonyl (C=O) groups excluding carboxylic acids is 1. The molecule has 5 rings (SSSR count). The lowest BCUT2D eigenvalue weighted by atomic mass is 10.1. The zero-order valence-corrected chi connectivity index (χ0v) is 18.0. The van der Waals surface area contributed by atoms with Gasteiger partial charge in [-0.3, -0.25) is 9.78 Å². The second-order valence-electron chi connectivity index (χ2n) is 7.45. The summed E-state index contributed by atoms with van der Waals surface area (Å²) in [5.41, 5.74) is 4.79. The fourth-order valence-corrected chi connectivity index (χ4v) is 3.62. The number of rotatable bonds is 6. The summed E-state index contributed by atoms with van der Waals surface area (Å²) in [5, 5.41) is 12.1. The average molecular weight is 435 g/mol. The third kappa shape index (κ3) is 4.14. The molecule has 0 saturated carbocycles. The summed E-state index contributed by atoms with van der Waals surface area (Å²) in [7, 11) is 0. The van der Waals surface area contributed by atoms with E-state index in [4.69, 9.17) is 5.10 Å². The average Bonchev–Trinajstić information content (AvgIpc) is 3.48. The van der Waals surface area contributed by atoms with Gasteiger partial charge in [0.2, 0.25) is 0 Å². The zero-order valence-electron chi connectivity index (χ0n) is 18.0. The van der Waals surface area contributed by atoms with E-state index in [0.717, 1.165) is 28.2 Å². The van der Waals surface area contributed by atoms with Crippen LogP contribution in [0.2, 0.25) is 0 Å². The molecular formula is C25H21N7O. The molecule has 8 nitrogen and oxygen atoms in total. The molecule has 0 bridgehead atoms. The maximum atomic E-state index is 13.0. The summed E-state index contributed by atoms with van der Waals surface area (Å²) in [4.78, 5) is 21.4. The Morgan fingerprint density at radius 3 is 2.52 bits per heavy atom. The van der Waals surface area contributed by atoms with Crippen molar-refractivity contribution in [1.82, 2.24) is 34.8 Å². The topological polar surface area (TPSA) is 90.5 Å². The summed E-state index contributed by atoms with van der Waals surface area (Å²) < 4.78 is 3.48. The van der Waals surface area contributed by atoms with Gasteiger partial charge in [0.25, 0.3) is 5.91 Å². The number of hydrogen-bond donors (Lipinski definition) is 1. The van der Waals surface area contributed by atoms with Crippen molar-refractivity contribution in [2.45, 2.75) is 13.5 Å². The van der Waals surface area contributed by atoms with E-state index >= 15 is 0 Å². The van der Waals surface area contributed by atoms with Crippen molar-refractivity contribution in [2.24, 2.45) is 0 Å². The highest BCUT2D eigenvalue weighted by molar-refractivity contribution is 5.95. The number of benzene rings is 1. The van der Waals surface area contributed by atoms with E-state index in [1.165, 1.54) is 0 Å². The van der Waals surface area contributed by atoms with Crippen molar-refractivity contribution < 1.29 is 4.79 Å². The Morgan fingerprint density at radius 1 is 0.970 bits per heavy atom. The molecule has 0 aliphatic carbocycles. The molecule has 0 fully saturated rings. The lowest BCUT2D eigenvalue weighted by Crippen LogP contribution is -2.23. The fraction of sp³-hybridized carbons (Fsp3) is 0.0800. The molecule has 0 aliphatic rings. The lowest BCUT2D eigenvalue weighted by molar-refractivity contribution is 0.0950. The van der Waals surface area contributed by atoms with Gasteiger partial charge in [0, 0.05) is 42.5 Å². The molecule has 162 valence electrons. The number of carbonyl (C=O) groups is 1. The maximum Gasteiger partial charge on any atom is 0.255 e. The predicted octanol–water partition coefficient (Wildman–Crippen LogP) is 3.75. The first-order valence-electron chi connectivity index (χ1n) is 10.5. The van der Waals surface area contributed by atoms with Gasteiger partial charge in [-0.05, 0) is 43.3 Å². The third-order valence-corrected chi connectivity index (χ3v) is 5.32. The molecule has 8 heteroatoms. The van der Waals surface area contributed by atoms with E-state index in [1.54, 1.807) is 29.5 Å². The third-order valence-electron chi connectivity index (χ3n) is 5.32. The molecule has 5 aromatic rings. The van der Waals surface area contributed by atoms with Crippen LogP contribution in [0, 0.1) is 6.92 Å². The molecule has 1 aromatic carbocycles. The van der Waals surface area contributed by atoms with Crippen LogP contribution in [0.3, 0.4) is 0 Å². The molecule has 1 N–H and O–H groups in total. The number of nitrogens with one attached hydrogen (secondary N) is 1. The Labute approximate surface area is 190 Å². The van der Waals surface area contributed by atoms with Crippen LogP contribution in [0.4, 0.5) is 0 Å². The summed E-state index contributed by atoms with van der Waals surface area (Å²) in [6.45, 7) is 2.17. The largest absolute Gasteiger partial charge is 0.348 e. The van der Waals surface area contributed by atoms with Crippen LogP contribution in [0.15, 0.2) is 91.6 Å². The molecule has 33 heavy (non-hydrogen) atoms. The molecular weight excluding hydrogens is 414 g/mol. The maximum absolute atomic E-state index is 13.0. The number of pyridine rings is 2. The second-order valence-corrected chi connectivity index (χ2v) is 7.45. The van der Waals surface area contributed by atoms with Gasteiger partial charge >= 0.3 is 0 Å². The van der Waals surface area contributed by atoms with Crippen LogP contribution < -0.4 is 5.32 Å². The van der Waals surface area contributed by atoms with Crippen LogP contribution in [0.5, 0.6) is 0 Å². The van der Waals surface area contributed by atoms with Gasteiger partial charge in [-0.1, -0.05) is 24.3 Å². The minimum Gasteiger partial charge on any atom is -0.348 e. The molecule has 4 aromatic heterocycles. The first-order valence-corrected chi connectivity index (χ1v) is 10.5. The Kier molecular flexibility index (Phi) is 5.47. The minimum atomic E-state index is -0.206. The lowest BCUT2D eigenvalue weighted by Gasteiger charge is -2.06.